The number of hydrogen-bond donors (Lipinski definition) is 2. The lowest BCUT2D eigenvalue weighted by Crippen LogP contribution is -2.30. The number of aliphatic hydroxyl groups is 1. The van der Waals surface area contributed by atoms with Crippen LogP contribution >= 0.6 is 0 Å². The lowest BCUT2D eigenvalue weighted by molar-refractivity contribution is 0.177. The van der Waals surface area contributed by atoms with Crippen LogP contribution in [0.5, 0.6) is 0 Å². The Hall–Kier alpha value is -0.0800. The Kier molecular flexibility index (Phi) is 3.21. The van der Waals surface area contributed by atoms with E-state index in [1.54, 1.807) is 0 Å². The van der Waals surface area contributed by atoms with E-state index in [0.717, 1.165) is 43.1 Å². The average Bonchev–Trinajstić information content (AvgIpc) is 2.94. The molecule has 5 atom stereocenters. The monoisotopic (exact) mass is 223 g/mol. The summed E-state index contributed by atoms with van der Waals surface area (Å²) in [4.78, 5) is 0. The van der Waals surface area contributed by atoms with E-state index < -0.39 is 0 Å². The normalized spacial score (nSPS) is 46.7. The van der Waals surface area contributed by atoms with E-state index in [1.165, 1.54) is 38.6 Å². The van der Waals surface area contributed by atoms with Crippen LogP contribution in [0.15, 0.2) is 0 Å². The van der Waals surface area contributed by atoms with Crippen molar-refractivity contribution < 1.29 is 5.11 Å². The summed E-state index contributed by atoms with van der Waals surface area (Å²) >= 11 is 0. The molecule has 0 aliphatic heterocycles. The number of nitrogens with one attached hydrogen (secondary N) is 1. The van der Waals surface area contributed by atoms with Gasteiger partial charge in [0.15, 0.2) is 0 Å². The van der Waals surface area contributed by atoms with Crippen LogP contribution in [0.2, 0.25) is 0 Å². The molecule has 2 N–H and O–H groups in total. The van der Waals surface area contributed by atoms with Gasteiger partial charge in [-0.2, -0.15) is 0 Å². The van der Waals surface area contributed by atoms with Crippen molar-refractivity contribution >= 4 is 0 Å². The van der Waals surface area contributed by atoms with Gasteiger partial charge in [-0.1, -0.05) is 6.42 Å². The van der Waals surface area contributed by atoms with Crippen LogP contribution in [0.25, 0.3) is 0 Å². The van der Waals surface area contributed by atoms with Crippen LogP contribution in [-0.2, 0) is 0 Å². The first-order valence-corrected chi connectivity index (χ1v) is 7.20. The molecule has 0 heterocycles. The average molecular weight is 223 g/mol. The van der Waals surface area contributed by atoms with Gasteiger partial charge in [0, 0.05) is 0 Å². The Morgan fingerprint density at radius 2 is 1.88 bits per heavy atom. The molecule has 0 amide bonds. The second kappa shape index (κ2) is 4.66. The van der Waals surface area contributed by atoms with Crippen molar-refractivity contribution in [2.75, 3.05) is 13.1 Å². The molecule has 0 aromatic carbocycles. The lowest BCUT2D eigenvalue weighted by atomic mass is 9.89. The van der Waals surface area contributed by atoms with E-state index in [0.29, 0.717) is 0 Å². The van der Waals surface area contributed by atoms with Gasteiger partial charge in [0.25, 0.3) is 0 Å². The summed E-state index contributed by atoms with van der Waals surface area (Å²) in [6, 6.07) is 0. The summed E-state index contributed by atoms with van der Waals surface area (Å²) < 4.78 is 0. The number of rotatable bonds is 4. The Balaban J connectivity index is 1.35. The van der Waals surface area contributed by atoms with Crippen LogP contribution in [0, 0.1) is 23.7 Å². The molecular formula is C14H25NO. The topological polar surface area (TPSA) is 32.3 Å². The van der Waals surface area contributed by atoms with E-state index in [2.05, 4.69) is 5.32 Å². The van der Waals surface area contributed by atoms with Crippen molar-refractivity contribution in [3.05, 3.63) is 0 Å². The highest BCUT2D eigenvalue weighted by Crippen LogP contribution is 2.47. The van der Waals surface area contributed by atoms with Crippen molar-refractivity contribution in [1.29, 1.82) is 0 Å². The summed E-state index contributed by atoms with van der Waals surface area (Å²) in [5.74, 6) is 3.84. The molecule has 3 aliphatic rings. The molecule has 3 fully saturated rings. The molecule has 0 aromatic heterocycles. The minimum absolute atomic E-state index is 0.00528. The largest absolute Gasteiger partial charge is 0.393 e. The number of hydrogen-bond acceptors (Lipinski definition) is 2. The van der Waals surface area contributed by atoms with Gasteiger partial charge in [0.05, 0.1) is 6.10 Å². The lowest BCUT2D eigenvalue weighted by Gasteiger charge is -2.22. The molecule has 0 aromatic rings. The fourth-order valence-electron chi connectivity index (χ4n) is 4.33. The second-order valence-corrected chi connectivity index (χ2v) is 6.43. The van der Waals surface area contributed by atoms with Gasteiger partial charge >= 0.3 is 0 Å². The molecule has 5 unspecified atom stereocenters. The zero-order valence-electron chi connectivity index (χ0n) is 10.2. The van der Waals surface area contributed by atoms with Crippen LogP contribution in [0.4, 0.5) is 0 Å². The van der Waals surface area contributed by atoms with Crippen molar-refractivity contribution in [2.45, 2.75) is 51.0 Å². The maximum absolute atomic E-state index is 9.47. The van der Waals surface area contributed by atoms with E-state index in [4.69, 9.17) is 0 Å². The van der Waals surface area contributed by atoms with Crippen LogP contribution in [0.1, 0.15) is 44.9 Å². The van der Waals surface area contributed by atoms with E-state index in [1.807, 2.05) is 0 Å². The highest BCUT2D eigenvalue weighted by molar-refractivity contribution is 4.91. The van der Waals surface area contributed by atoms with E-state index in [9.17, 15) is 5.11 Å². The van der Waals surface area contributed by atoms with Crippen LogP contribution in [-0.4, -0.2) is 24.3 Å². The smallest absolute Gasteiger partial charge is 0.0543 e. The summed E-state index contributed by atoms with van der Waals surface area (Å²) in [5.41, 5.74) is 0. The Labute approximate surface area is 98.8 Å². The minimum Gasteiger partial charge on any atom is -0.393 e. The summed E-state index contributed by atoms with van der Waals surface area (Å²) in [7, 11) is 0. The maximum atomic E-state index is 9.47. The molecule has 16 heavy (non-hydrogen) atoms. The third-order valence-electron chi connectivity index (χ3n) is 5.24. The quantitative estimate of drug-likeness (QED) is 0.765. The van der Waals surface area contributed by atoms with E-state index in [-0.39, 0.29) is 6.10 Å². The van der Waals surface area contributed by atoms with Crippen LogP contribution < -0.4 is 5.32 Å². The number of aliphatic hydroxyl groups excluding tert-OH is 1. The molecular weight excluding hydrogens is 198 g/mol. The molecule has 2 nitrogen and oxygen atoms in total. The number of fused-ring (bicyclic) bond motifs is 2. The first kappa shape index (κ1) is 11.0. The molecule has 0 saturated heterocycles. The molecule has 3 rings (SSSR count). The fourth-order valence-corrected chi connectivity index (χ4v) is 4.33. The molecule has 3 saturated carbocycles. The Bertz CT molecular complexity index is 243. The van der Waals surface area contributed by atoms with Gasteiger partial charge in [-0.25, -0.2) is 0 Å². The van der Waals surface area contributed by atoms with Gasteiger partial charge in [-0.3, -0.25) is 0 Å². The molecule has 3 aliphatic carbocycles. The zero-order valence-corrected chi connectivity index (χ0v) is 10.2. The van der Waals surface area contributed by atoms with Crippen molar-refractivity contribution in [3.63, 3.8) is 0 Å². The third kappa shape index (κ3) is 2.28. The molecule has 2 bridgehead atoms. The van der Waals surface area contributed by atoms with Gasteiger partial charge in [0.1, 0.15) is 0 Å². The predicted molar refractivity (Wildman–Crippen MR) is 65.2 cm³/mol. The zero-order chi connectivity index (χ0) is 11.0. The van der Waals surface area contributed by atoms with Crippen molar-refractivity contribution in [1.82, 2.24) is 5.32 Å². The highest BCUT2D eigenvalue weighted by atomic mass is 16.3. The standard InChI is InChI=1S/C14H25NO/c16-14-4-2-11(7-14)8-15-9-13-6-10-1-3-12(13)5-10/h10-16H,1-9H2. The SMILES string of the molecule is OC1CCC(CNCC2CC3CCC2C3)C1. The predicted octanol–water partition coefficient (Wildman–Crippen LogP) is 2.17. The van der Waals surface area contributed by atoms with Gasteiger partial charge in [0.2, 0.25) is 0 Å². The van der Waals surface area contributed by atoms with Crippen molar-refractivity contribution in [2.24, 2.45) is 23.7 Å². The molecule has 2 heteroatoms. The first-order chi connectivity index (χ1) is 7.81. The molecule has 0 spiro atoms. The first-order valence-electron chi connectivity index (χ1n) is 7.20. The second-order valence-electron chi connectivity index (χ2n) is 6.43. The van der Waals surface area contributed by atoms with Gasteiger partial charge in [-0.15, -0.1) is 0 Å². The van der Waals surface area contributed by atoms with E-state index >= 15 is 0 Å². The maximum Gasteiger partial charge on any atom is 0.0543 e. The molecule has 92 valence electrons. The van der Waals surface area contributed by atoms with Gasteiger partial charge in [-0.05, 0) is 75.3 Å². The minimum atomic E-state index is -0.00528. The molecule has 0 radical (unpaired) electrons. The van der Waals surface area contributed by atoms with Gasteiger partial charge < -0.3 is 10.4 Å². The summed E-state index contributed by atoms with van der Waals surface area (Å²) in [5, 5.41) is 13.1. The Morgan fingerprint density at radius 1 is 0.938 bits per heavy atom. The summed E-state index contributed by atoms with van der Waals surface area (Å²) in [6.07, 6.45) is 9.30. The fraction of sp³-hybridized carbons (Fsp3) is 1.00. The Morgan fingerprint density at radius 3 is 2.50 bits per heavy atom. The van der Waals surface area contributed by atoms with Crippen molar-refractivity contribution in [3.8, 4) is 0 Å². The third-order valence-corrected chi connectivity index (χ3v) is 5.24. The summed E-state index contributed by atoms with van der Waals surface area (Å²) in [6.45, 7) is 2.39. The van der Waals surface area contributed by atoms with Crippen LogP contribution in [0.3, 0.4) is 0 Å². The highest BCUT2D eigenvalue weighted by Gasteiger charge is 2.39.